The van der Waals surface area contributed by atoms with Crippen LogP contribution in [0.15, 0.2) is 48.4 Å². The zero-order chi connectivity index (χ0) is 27.3. The molecule has 2 aliphatic rings. The minimum absolute atomic E-state index is 0.315. The third-order valence-corrected chi connectivity index (χ3v) is 7.33. The summed E-state index contributed by atoms with van der Waals surface area (Å²) in [5.41, 5.74) is 3.10. The van der Waals surface area contributed by atoms with E-state index >= 15 is 0 Å². The minimum Gasteiger partial charge on any atom is -0.387 e. The predicted molar refractivity (Wildman–Crippen MR) is 144 cm³/mol. The van der Waals surface area contributed by atoms with Gasteiger partial charge in [0, 0.05) is 36.5 Å². The van der Waals surface area contributed by atoms with Gasteiger partial charge < -0.3 is 15.1 Å². The number of pyridine rings is 1. The SMILES string of the molecule is CC(C)(O)[C@@H](O)c1cc2nc(N3CCC(=Cc4ccc(F)cc4F)CC3)c(-c3cnn(C4CC4)c3)nc2cn1. The second kappa shape index (κ2) is 9.77. The van der Waals surface area contributed by atoms with Crippen molar-refractivity contribution < 1.29 is 19.0 Å². The van der Waals surface area contributed by atoms with Gasteiger partial charge in [0.2, 0.25) is 0 Å². The molecule has 202 valence electrons. The predicted octanol–water partition coefficient (Wildman–Crippen LogP) is 4.99. The fourth-order valence-corrected chi connectivity index (χ4v) is 4.88. The van der Waals surface area contributed by atoms with Crippen LogP contribution in [0.2, 0.25) is 0 Å². The van der Waals surface area contributed by atoms with Gasteiger partial charge in [-0.05, 0) is 57.7 Å². The Hall–Kier alpha value is -3.76. The molecule has 4 heterocycles. The molecule has 39 heavy (non-hydrogen) atoms. The van der Waals surface area contributed by atoms with Crippen molar-refractivity contribution in [3.05, 3.63) is 71.3 Å². The molecule has 0 radical (unpaired) electrons. The number of rotatable bonds is 6. The number of piperidine rings is 1. The third kappa shape index (κ3) is 5.26. The monoisotopic (exact) mass is 532 g/mol. The molecular weight excluding hydrogens is 502 g/mol. The Labute approximate surface area is 224 Å². The maximum absolute atomic E-state index is 14.2. The first-order valence-corrected chi connectivity index (χ1v) is 13.2. The first-order chi connectivity index (χ1) is 18.7. The number of anilines is 1. The highest BCUT2D eigenvalue weighted by Crippen LogP contribution is 2.37. The van der Waals surface area contributed by atoms with Crippen molar-refractivity contribution in [2.24, 2.45) is 0 Å². The fourth-order valence-electron chi connectivity index (χ4n) is 4.88. The zero-order valence-electron chi connectivity index (χ0n) is 21.8. The average molecular weight is 533 g/mol. The lowest BCUT2D eigenvalue weighted by Gasteiger charge is -2.31. The van der Waals surface area contributed by atoms with E-state index in [0.717, 1.165) is 30.0 Å². The summed E-state index contributed by atoms with van der Waals surface area (Å²) in [6.07, 6.45) is 9.61. The molecule has 0 amide bonds. The molecular formula is C29H30F2N6O2. The number of fused-ring (bicyclic) bond motifs is 1. The third-order valence-electron chi connectivity index (χ3n) is 7.33. The van der Waals surface area contributed by atoms with E-state index in [-0.39, 0.29) is 0 Å². The zero-order valence-corrected chi connectivity index (χ0v) is 21.8. The Balaban J connectivity index is 1.35. The minimum atomic E-state index is -1.37. The largest absolute Gasteiger partial charge is 0.387 e. The Morgan fingerprint density at radius 3 is 2.51 bits per heavy atom. The molecule has 1 aliphatic carbocycles. The number of nitrogens with zero attached hydrogens (tertiary/aromatic N) is 6. The van der Waals surface area contributed by atoms with Crippen molar-refractivity contribution in [1.82, 2.24) is 24.7 Å². The van der Waals surface area contributed by atoms with Crippen molar-refractivity contribution in [2.75, 3.05) is 18.0 Å². The lowest BCUT2D eigenvalue weighted by Crippen LogP contribution is -2.32. The highest BCUT2D eigenvalue weighted by molar-refractivity contribution is 5.83. The molecule has 0 spiro atoms. The number of halogens is 2. The van der Waals surface area contributed by atoms with Gasteiger partial charge in [0.15, 0.2) is 5.82 Å². The van der Waals surface area contributed by atoms with Gasteiger partial charge in [-0.2, -0.15) is 5.10 Å². The van der Waals surface area contributed by atoms with Gasteiger partial charge in [-0.15, -0.1) is 0 Å². The van der Waals surface area contributed by atoms with Crippen molar-refractivity contribution in [3.8, 4) is 11.3 Å². The Kier molecular flexibility index (Phi) is 6.39. The van der Waals surface area contributed by atoms with Crippen LogP contribution in [0.5, 0.6) is 0 Å². The standard InChI is InChI=1S/C29H30F2N6O2/c1-29(2,39)27(38)24-13-23-25(15-32-24)34-26(19-14-33-37(16-19)21-5-6-21)28(35-23)36-9-7-17(8-10-36)11-18-3-4-20(30)12-22(18)31/h3-4,11-16,21,27,38-39H,5-10H2,1-2H3/t27-/m0/s1. The van der Waals surface area contributed by atoms with Crippen LogP contribution in [0.25, 0.3) is 28.4 Å². The topological polar surface area (TPSA) is 100 Å². The van der Waals surface area contributed by atoms with E-state index < -0.39 is 23.3 Å². The number of hydrogen-bond donors (Lipinski definition) is 2. The van der Waals surface area contributed by atoms with E-state index in [1.54, 1.807) is 18.3 Å². The molecule has 1 aromatic carbocycles. The number of hydrogen-bond acceptors (Lipinski definition) is 7. The summed E-state index contributed by atoms with van der Waals surface area (Å²) in [4.78, 5) is 16.4. The number of aliphatic hydroxyl groups excluding tert-OH is 1. The molecule has 6 rings (SSSR count). The molecule has 1 saturated carbocycles. The number of benzene rings is 1. The molecule has 8 nitrogen and oxygen atoms in total. The van der Waals surface area contributed by atoms with Gasteiger partial charge >= 0.3 is 0 Å². The van der Waals surface area contributed by atoms with E-state index in [9.17, 15) is 19.0 Å². The first-order valence-electron chi connectivity index (χ1n) is 13.2. The van der Waals surface area contributed by atoms with Gasteiger partial charge in [0.05, 0.1) is 35.2 Å². The summed E-state index contributed by atoms with van der Waals surface area (Å²) in [5, 5.41) is 25.4. The lowest BCUT2D eigenvalue weighted by atomic mass is 9.98. The molecule has 2 N–H and O–H groups in total. The van der Waals surface area contributed by atoms with E-state index in [1.165, 1.54) is 26.0 Å². The van der Waals surface area contributed by atoms with Crippen LogP contribution in [0.1, 0.15) is 62.9 Å². The Morgan fingerprint density at radius 2 is 1.82 bits per heavy atom. The van der Waals surface area contributed by atoms with Gasteiger partial charge in [0.25, 0.3) is 0 Å². The van der Waals surface area contributed by atoms with Crippen molar-refractivity contribution in [3.63, 3.8) is 0 Å². The molecule has 2 fully saturated rings. The smallest absolute Gasteiger partial charge is 0.156 e. The first kappa shape index (κ1) is 25.5. The highest BCUT2D eigenvalue weighted by atomic mass is 19.1. The van der Waals surface area contributed by atoms with Crippen molar-refractivity contribution in [2.45, 2.75) is 57.3 Å². The highest BCUT2D eigenvalue weighted by Gasteiger charge is 2.29. The molecule has 1 saturated heterocycles. The number of aliphatic hydroxyl groups is 2. The number of aromatic nitrogens is 5. The van der Waals surface area contributed by atoms with Crippen LogP contribution in [0.4, 0.5) is 14.6 Å². The van der Waals surface area contributed by atoms with Gasteiger partial charge in [-0.25, -0.2) is 18.7 Å². The second-order valence-electron chi connectivity index (χ2n) is 10.9. The molecule has 0 unspecified atom stereocenters. The molecule has 1 aliphatic heterocycles. The van der Waals surface area contributed by atoms with Crippen LogP contribution < -0.4 is 4.90 Å². The second-order valence-corrected chi connectivity index (χ2v) is 10.9. The summed E-state index contributed by atoms with van der Waals surface area (Å²) >= 11 is 0. The lowest BCUT2D eigenvalue weighted by molar-refractivity contribution is -0.0516. The molecule has 1 atom stereocenters. The van der Waals surface area contributed by atoms with Gasteiger partial charge in [0.1, 0.15) is 28.9 Å². The van der Waals surface area contributed by atoms with E-state index in [0.29, 0.717) is 65.8 Å². The summed E-state index contributed by atoms with van der Waals surface area (Å²) in [5.74, 6) is -0.469. The van der Waals surface area contributed by atoms with Crippen LogP contribution in [-0.2, 0) is 0 Å². The summed E-state index contributed by atoms with van der Waals surface area (Å²) in [7, 11) is 0. The summed E-state index contributed by atoms with van der Waals surface area (Å²) < 4.78 is 29.5. The van der Waals surface area contributed by atoms with Gasteiger partial charge in [-0.1, -0.05) is 11.6 Å². The van der Waals surface area contributed by atoms with Crippen LogP contribution in [0, 0.1) is 11.6 Å². The van der Waals surface area contributed by atoms with Crippen molar-refractivity contribution >= 4 is 22.9 Å². The van der Waals surface area contributed by atoms with E-state index in [2.05, 4.69) is 15.0 Å². The van der Waals surface area contributed by atoms with Crippen LogP contribution in [-0.4, -0.2) is 53.6 Å². The van der Waals surface area contributed by atoms with E-state index in [4.69, 9.17) is 9.97 Å². The fraction of sp³-hybridized carbons (Fsp3) is 0.379. The Bertz CT molecular complexity index is 1560. The Morgan fingerprint density at radius 1 is 1.05 bits per heavy atom. The average Bonchev–Trinajstić information content (AvgIpc) is 3.65. The molecule has 3 aromatic heterocycles. The molecule has 10 heteroatoms. The quantitative estimate of drug-likeness (QED) is 0.361. The van der Waals surface area contributed by atoms with Crippen LogP contribution in [0.3, 0.4) is 0 Å². The molecule has 0 bridgehead atoms. The maximum Gasteiger partial charge on any atom is 0.156 e. The molecule has 4 aromatic rings. The summed E-state index contributed by atoms with van der Waals surface area (Å²) in [6, 6.07) is 5.72. The van der Waals surface area contributed by atoms with Crippen molar-refractivity contribution in [1.29, 1.82) is 0 Å². The maximum atomic E-state index is 14.2. The van der Waals surface area contributed by atoms with E-state index in [1.807, 2.05) is 17.1 Å². The normalized spacial score (nSPS) is 17.1. The summed E-state index contributed by atoms with van der Waals surface area (Å²) in [6.45, 7) is 4.33. The van der Waals surface area contributed by atoms with Gasteiger partial charge in [-0.3, -0.25) is 9.67 Å². The van der Waals surface area contributed by atoms with Crippen LogP contribution >= 0.6 is 0 Å².